The third kappa shape index (κ3) is 6.03. The monoisotopic (exact) mass is 870 g/mol. The molecule has 2 aliphatic carbocycles. The summed E-state index contributed by atoms with van der Waals surface area (Å²) in [4.78, 5) is 2.45. The van der Waals surface area contributed by atoms with Gasteiger partial charge in [-0.1, -0.05) is 191 Å². The first-order valence-electron chi connectivity index (χ1n) is 23.9. The molecule has 0 saturated carbocycles. The lowest BCUT2D eigenvalue weighted by Crippen LogP contribution is -2.15. The second kappa shape index (κ2) is 15.2. The average Bonchev–Trinajstić information content (AvgIpc) is 3.94. The number of hydrogen-bond acceptors (Lipinski definition) is 1. The maximum Gasteiger partial charge on any atom is 0.0541 e. The summed E-state index contributed by atoms with van der Waals surface area (Å²) in [5.41, 5.74) is 24.9. The molecule has 0 amide bonds. The van der Waals surface area contributed by atoms with Crippen LogP contribution in [0.25, 0.3) is 83.1 Å². The van der Waals surface area contributed by atoms with Gasteiger partial charge in [-0.25, -0.2) is 0 Å². The molecule has 68 heavy (non-hydrogen) atoms. The first-order valence-corrected chi connectivity index (χ1v) is 23.9. The first kappa shape index (κ1) is 40.1. The summed E-state index contributed by atoms with van der Waals surface area (Å²) < 4.78 is 2.38. The molecule has 0 spiro atoms. The minimum absolute atomic E-state index is 0.0608. The van der Waals surface area contributed by atoms with E-state index in [0.717, 1.165) is 17.1 Å². The Bertz CT molecular complexity index is 3770. The van der Waals surface area contributed by atoms with Crippen LogP contribution in [0.2, 0.25) is 0 Å². The van der Waals surface area contributed by atoms with E-state index in [-0.39, 0.29) is 10.8 Å². The summed E-state index contributed by atoms with van der Waals surface area (Å²) in [6.07, 6.45) is 0. The SMILES string of the molecule is CC1(C)c2ccccc2-c2ccc(-c3ccc(N(c4ccc(-c5ccc6c(c5)c5ccccc5n6-c5ccccc5)cc4)c4ccccc4-c4cccc5c4-c4ccccc4C5(C)C)cc3)cc21. The zero-order valence-corrected chi connectivity index (χ0v) is 38.8. The van der Waals surface area contributed by atoms with Gasteiger partial charge >= 0.3 is 0 Å². The number of hydrogen-bond donors (Lipinski definition) is 0. The molecular weight excluding hydrogens is 821 g/mol. The molecule has 0 radical (unpaired) electrons. The lowest BCUT2D eigenvalue weighted by molar-refractivity contribution is 0.660. The number of aromatic nitrogens is 1. The van der Waals surface area contributed by atoms with Gasteiger partial charge in [0.05, 0.1) is 16.7 Å². The highest BCUT2D eigenvalue weighted by atomic mass is 15.1. The predicted octanol–water partition coefficient (Wildman–Crippen LogP) is 17.9. The summed E-state index contributed by atoms with van der Waals surface area (Å²) >= 11 is 0. The molecule has 0 fully saturated rings. The maximum absolute atomic E-state index is 2.45. The first-order chi connectivity index (χ1) is 33.3. The molecule has 11 aromatic rings. The number of para-hydroxylation sites is 3. The fourth-order valence-corrected chi connectivity index (χ4v) is 11.8. The molecule has 324 valence electrons. The Hall–Kier alpha value is -8.20. The van der Waals surface area contributed by atoms with E-state index in [2.05, 4.69) is 268 Å². The van der Waals surface area contributed by atoms with E-state index in [9.17, 15) is 0 Å². The Labute approximate surface area is 399 Å². The zero-order chi connectivity index (χ0) is 45.7. The van der Waals surface area contributed by atoms with Crippen molar-refractivity contribution < 1.29 is 0 Å². The quantitative estimate of drug-likeness (QED) is 0.155. The summed E-state index contributed by atoms with van der Waals surface area (Å²) in [5.74, 6) is 0. The van der Waals surface area contributed by atoms with Crippen LogP contribution in [0, 0.1) is 0 Å². The van der Waals surface area contributed by atoms with Gasteiger partial charge in [0.15, 0.2) is 0 Å². The van der Waals surface area contributed by atoms with Gasteiger partial charge in [0.1, 0.15) is 0 Å². The van der Waals surface area contributed by atoms with Crippen molar-refractivity contribution >= 4 is 38.9 Å². The molecule has 13 rings (SSSR count). The molecule has 1 aromatic heterocycles. The van der Waals surface area contributed by atoms with Crippen LogP contribution >= 0.6 is 0 Å². The summed E-state index contributed by atoms with van der Waals surface area (Å²) in [7, 11) is 0. The highest BCUT2D eigenvalue weighted by molar-refractivity contribution is 6.10. The van der Waals surface area contributed by atoms with Crippen LogP contribution in [0.1, 0.15) is 49.9 Å². The Morgan fingerprint density at radius 2 is 0.824 bits per heavy atom. The molecule has 0 atom stereocenters. The van der Waals surface area contributed by atoms with Gasteiger partial charge < -0.3 is 9.47 Å². The fourth-order valence-electron chi connectivity index (χ4n) is 11.8. The molecule has 1 heterocycles. The van der Waals surface area contributed by atoms with Crippen molar-refractivity contribution in [3.63, 3.8) is 0 Å². The van der Waals surface area contributed by atoms with Crippen LogP contribution in [0.5, 0.6) is 0 Å². The van der Waals surface area contributed by atoms with E-state index in [1.807, 2.05) is 0 Å². The van der Waals surface area contributed by atoms with Crippen LogP contribution in [0.15, 0.2) is 231 Å². The van der Waals surface area contributed by atoms with Gasteiger partial charge in [0.2, 0.25) is 0 Å². The molecular formula is C66H50N2. The lowest BCUT2D eigenvalue weighted by atomic mass is 9.81. The van der Waals surface area contributed by atoms with E-state index in [1.165, 1.54) is 105 Å². The van der Waals surface area contributed by atoms with E-state index in [4.69, 9.17) is 0 Å². The second-order valence-electron chi connectivity index (χ2n) is 19.7. The molecule has 2 heteroatoms. The van der Waals surface area contributed by atoms with Crippen LogP contribution in [0.3, 0.4) is 0 Å². The van der Waals surface area contributed by atoms with E-state index < -0.39 is 0 Å². The normalized spacial score (nSPS) is 13.8. The van der Waals surface area contributed by atoms with Gasteiger partial charge in [-0.15, -0.1) is 0 Å². The topological polar surface area (TPSA) is 8.17 Å². The summed E-state index contributed by atoms with van der Waals surface area (Å²) in [6.45, 7) is 9.44. The van der Waals surface area contributed by atoms with Crippen molar-refractivity contribution in [3.8, 4) is 61.3 Å². The Balaban J connectivity index is 0.936. The van der Waals surface area contributed by atoms with Crippen molar-refractivity contribution in [1.82, 2.24) is 4.57 Å². The second-order valence-corrected chi connectivity index (χ2v) is 19.7. The maximum atomic E-state index is 2.45. The third-order valence-corrected chi connectivity index (χ3v) is 15.2. The Morgan fingerprint density at radius 1 is 0.324 bits per heavy atom. The van der Waals surface area contributed by atoms with Gasteiger partial charge in [0, 0.05) is 44.2 Å². The largest absolute Gasteiger partial charge is 0.310 e. The number of fused-ring (bicyclic) bond motifs is 9. The molecule has 0 N–H and O–H groups in total. The van der Waals surface area contributed by atoms with Crippen molar-refractivity contribution in [3.05, 3.63) is 253 Å². The molecule has 0 unspecified atom stereocenters. The van der Waals surface area contributed by atoms with Crippen molar-refractivity contribution in [2.75, 3.05) is 4.90 Å². The summed E-state index contributed by atoms with van der Waals surface area (Å²) in [5, 5.41) is 2.50. The van der Waals surface area contributed by atoms with Gasteiger partial charge in [-0.3, -0.25) is 0 Å². The van der Waals surface area contributed by atoms with Gasteiger partial charge in [-0.05, 0) is 139 Å². The number of rotatable bonds is 7. The molecule has 0 aliphatic heterocycles. The zero-order valence-electron chi connectivity index (χ0n) is 38.8. The van der Waals surface area contributed by atoms with Crippen molar-refractivity contribution in [2.24, 2.45) is 0 Å². The molecule has 0 bridgehead atoms. The average molecular weight is 871 g/mol. The predicted molar refractivity (Wildman–Crippen MR) is 287 cm³/mol. The van der Waals surface area contributed by atoms with Gasteiger partial charge in [0.25, 0.3) is 0 Å². The Morgan fingerprint density at radius 3 is 1.56 bits per heavy atom. The standard InChI is InChI=1S/C66H50N2/c1-65(2)58-25-13-9-22-55(58)64-54(23-16-26-59(64)65)52-20-10-14-27-61(52)67(49-37-31-44(32-38-49)46-33-39-51-50-19-8-12-24-57(50)66(3,4)60(51)42-46)48-35-29-43(30-36-48)45-34-40-63-56(41-45)53-21-11-15-28-62(53)68(63)47-17-6-5-7-18-47/h5-42H,1-4H3. The highest BCUT2D eigenvalue weighted by Gasteiger charge is 2.38. The highest BCUT2D eigenvalue weighted by Crippen LogP contribution is 2.54. The molecule has 2 nitrogen and oxygen atoms in total. The van der Waals surface area contributed by atoms with Crippen LogP contribution < -0.4 is 4.90 Å². The Kier molecular flexibility index (Phi) is 8.95. The smallest absolute Gasteiger partial charge is 0.0541 e. The molecule has 10 aromatic carbocycles. The number of anilines is 3. The minimum atomic E-state index is -0.0999. The molecule has 2 aliphatic rings. The molecule has 0 saturated heterocycles. The van der Waals surface area contributed by atoms with Crippen molar-refractivity contribution in [1.29, 1.82) is 0 Å². The lowest BCUT2D eigenvalue weighted by Gasteiger charge is -2.29. The number of benzene rings is 10. The van der Waals surface area contributed by atoms with Crippen LogP contribution in [-0.2, 0) is 10.8 Å². The summed E-state index contributed by atoms with van der Waals surface area (Å²) in [6, 6.07) is 85.5. The van der Waals surface area contributed by atoms with Crippen molar-refractivity contribution in [2.45, 2.75) is 38.5 Å². The van der Waals surface area contributed by atoms with E-state index in [1.54, 1.807) is 0 Å². The van der Waals surface area contributed by atoms with Crippen LogP contribution in [-0.4, -0.2) is 4.57 Å². The van der Waals surface area contributed by atoms with E-state index >= 15 is 0 Å². The minimum Gasteiger partial charge on any atom is -0.310 e. The van der Waals surface area contributed by atoms with E-state index in [0.29, 0.717) is 0 Å². The van der Waals surface area contributed by atoms with Crippen LogP contribution in [0.4, 0.5) is 17.1 Å². The number of nitrogens with zero attached hydrogens (tertiary/aromatic N) is 2. The fraction of sp³-hybridized carbons (Fsp3) is 0.0909. The van der Waals surface area contributed by atoms with Gasteiger partial charge in [-0.2, -0.15) is 0 Å². The third-order valence-electron chi connectivity index (χ3n) is 15.2.